The maximum atomic E-state index is 12.9. The lowest BCUT2D eigenvalue weighted by Gasteiger charge is -2.25. The number of hydrogen-bond donors (Lipinski definition) is 0. The highest BCUT2D eigenvalue weighted by molar-refractivity contribution is 6.31. The summed E-state index contributed by atoms with van der Waals surface area (Å²) in [6.45, 7) is 2.23. The van der Waals surface area contributed by atoms with Crippen LogP contribution in [0.1, 0.15) is 19.8 Å². The van der Waals surface area contributed by atoms with E-state index in [2.05, 4.69) is 0 Å². The van der Waals surface area contributed by atoms with Gasteiger partial charge in [-0.3, -0.25) is 19.3 Å². The molecule has 32 heavy (non-hydrogen) atoms. The first-order chi connectivity index (χ1) is 15.4. The minimum atomic E-state index is -0.293. The molecule has 3 rings (SSSR count). The monoisotopic (exact) mass is 477 g/mol. The van der Waals surface area contributed by atoms with E-state index < -0.39 is 0 Å². The van der Waals surface area contributed by atoms with Crippen molar-refractivity contribution in [2.75, 3.05) is 37.8 Å². The zero-order valence-corrected chi connectivity index (χ0v) is 19.3. The van der Waals surface area contributed by atoms with E-state index in [-0.39, 0.29) is 44.1 Å². The summed E-state index contributed by atoms with van der Waals surface area (Å²) in [6, 6.07) is 13.6. The maximum Gasteiger partial charge on any atom is 0.260 e. The van der Waals surface area contributed by atoms with Crippen molar-refractivity contribution >= 4 is 46.6 Å². The Morgan fingerprint density at radius 1 is 1.09 bits per heavy atom. The first-order valence-electron chi connectivity index (χ1n) is 10.4. The molecule has 2 aromatic carbocycles. The van der Waals surface area contributed by atoms with Crippen LogP contribution in [-0.4, -0.2) is 60.4 Å². The van der Waals surface area contributed by atoms with E-state index in [1.807, 2.05) is 6.92 Å². The molecule has 3 amide bonds. The number of carbonyl (C=O) groups excluding carboxylic acids is 3. The minimum Gasteiger partial charge on any atom is -0.484 e. The van der Waals surface area contributed by atoms with Crippen LogP contribution < -0.4 is 9.64 Å². The molecule has 1 aliphatic heterocycles. The topological polar surface area (TPSA) is 70.2 Å². The number of nitrogens with zero attached hydrogens (tertiary/aromatic N) is 3. The SMILES string of the molecule is CCCCN(CC(=O)N1CC(=O)N(c2cccc(Cl)c2)C1)C(=O)COc1ccc(Cl)cc1. The number of halogens is 2. The number of benzene rings is 2. The van der Waals surface area contributed by atoms with Gasteiger partial charge in [-0.15, -0.1) is 0 Å². The fourth-order valence-electron chi connectivity index (χ4n) is 3.26. The number of ether oxygens (including phenoxy) is 1. The van der Waals surface area contributed by atoms with Crippen LogP contribution >= 0.6 is 23.2 Å². The number of unbranched alkanes of at least 4 members (excludes halogenated alkanes) is 1. The number of carbonyl (C=O) groups is 3. The van der Waals surface area contributed by atoms with Gasteiger partial charge >= 0.3 is 0 Å². The van der Waals surface area contributed by atoms with Gasteiger partial charge in [-0.05, 0) is 48.9 Å². The number of rotatable bonds is 9. The van der Waals surface area contributed by atoms with Gasteiger partial charge in [-0.2, -0.15) is 0 Å². The summed E-state index contributed by atoms with van der Waals surface area (Å²) in [6.07, 6.45) is 1.63. The third kappa shape index (κ3) is 6.37. The summed E-state index contributed by atoms with van der Waals surface area (Å²) >= 11 is 11.9. The molecule has 1 fully saturated rings. The molecular formula is C23H25Cl2N3O4. The molecule has 0 radical (unpaired) electrons. The average Bonchev–Trinajstić information content (AvgIpc) is 3.17. The lowest BCUT2D eigenvalue weighted by molar-refractivity contribution is -0.141. The van der Waals surface area contributed by atoms with Gasteiger partial charge in [0.1, 0.15) is 19.0 Å². The number of anilines is 1. The molecule has 0 aromatic heterocycles. The fourth-order valence-corrected chi connectivity index (χ4v) is 3.57. The molecule has 7 nitrogen and oxygen atoms in total. The molecule has 0 bridgehead atoms. The second-order valence-corrected chi connectivity index (χ2v) is 8.32. The summed E-state index contributed by atoms with van der Waals surface area (Å²) < 4.78 is 5.54. The smallest absolute Gasteiger partial charge is 0.260 e. The van der Waals surface area contributed by atoms with Gasteiger partial charge in [-0.1, -0.05) is 42.6 Å². The van der Waals surface area contributed by atoms with E-state index in [0.717, 1.165) is 12.8 Å². The van der Waals surface area contributed by atoms with Crippen molar-refractivity contribution in [1.29, 1.82) is 0 Å². The lowest BCUT2D eigenvalue weighted by atomic mass is 10.3. The van der Waals surface area contributed by atoms with Crippen molar-refractivity contribution in [3.05, 3.63) is 58.6 Å². The number of hydrogen-bond acceptors (Lipinski definition) is 4. The van der Waals surface area contributed by atoms with Gasteiger partial charge in [0.15, 0.2) is 6.61 Å². The third-order valence-corrected chi connectivity index (χ3v) is 5.54. The first-order valence-corrected chi connectivity index (χ1v) is 11.1. The van der Waals surface area contributed by atoms with Crippen LogP contribution in [0.5, 0.6) is 5.75 Å². The van der Waals surface area contributed by atoms with Crippen LogP contribution in [-0.2, 0) is 14.4 Å². The van der Waals surface area contributed by atoms with Crippen LogP contribution in [0.2, 0.25) is 10.0 Å². The minimum absolute atomic E-state index is 0.0393. The molecule has 1 heterocycles. The second-order valence-electron chi connectivity index (χ2n) is 7.45. The molecular weight excluding hydrogens is 453 g/mol. The predicted molar refractivity (Wildman–Crippen MR) is 124 cm³/mol. The van der Waals surface area contributed by atoms with E-state index in [1.165, 1.54) is 14.7 Å². The number of amides is 3. The van der Waals surface area contributed by atoms with Crippen LogP contribution in [0.3, 0.4) is 0 Å². The zero-order valence-electron chi connectivity index (χ0n) is 17.8. The van der Waals surface area contributed by atoms with Crippen LogP contribution in [0.15, 0.2) is 48.5 Å². The maximum absolute atomic E-state index is 12.9. The van der Waals surface area contributed by atoms with Crippen LogP contribution in [0, 0.1) is 0 Å². The molecule has 1 saturated heterocycles. The van der Waals surface area contributed by atoms with Crippen LogP contribution in [0.4, 0.5) is 5.69 Å². The molecule has 2 aromatic rings. The standard InChI is InChI=1S/C23H25Cl2N3O4/c1-2-3-11-26(23(31)15-32-20-9-7-17(24)8-10-20)13-21(29)27-14-22(30)28(16-27)19-6-4-5-18(25)12-19/h4-10,12H,2-3,11,13-16H2,1H3. The summed E-state index contributed by atoms with van der Waals surface area (Å²) in [5.41, 5.74) is 0.632. The molecule has 0 spiro atoms. The Balaban J connectivity index is 1.60. The lowest BCUT2D eigenvalue weighted by Crippen LogP contribution is -2.44. The largest absolute Gasteiger partial charge is 0.484 e. The van der Waals surface area contributed by atoms with Crippen molar-refractivity contribution in [1.82, 2.24) is 9.80 Å². The van der Waals surface area contributed by atoms with Gasteiger partial charge in [0.05, 0.1) is 6.54 Å². The quantitative estimate of drug-likeness (QED) is 0.550. The Bertz CT molecular complexity index is 968. The summed E-state index contributed by atoms with van der Waals surface area (Å²) in [5, 5.41) is 1.09. The Morgan fingerprint density at radius 2 is 1.84 bits per heavy atom. The van der Waals surface area contributed by atoms with Crippen molar-refractivity contribution in [3.8, 4) is 5.75 Å². The Kier molecular flexibility index (Phi) is 8.36. The Labute approximate surface area is 197 Å². The predicted octanol–water partition coefficient (Wildman–Crippen LogP) is 3.83. The third-order valence-electron chi connectivity index (χ3n) is 5.05. The van der Waals surface area contributed by atoms with Crippen molar-refractivity contribution in [2.24, 2.45) is 0 Å². The molecule has 0 atom stereocenters. The molecule has 9 heteroatoms. The van der Waals surface area contributed by atoms with Crippen molar-refractivity contribution < 1.29 is 19.1 Å². The Morgan fingerprint density at radius 3 is 2.53 bits per heavy atom. The molecule has 0 N–H and O–H groups in total. The highest BCUT2D eigenvalue weighted by atomic mass is 35.5. The van der Waals surface area contributed by atoms with E-state index in [1.54, 1.807) is 48.5 Å². The van der Waals surface area contributed by atoms with Gasteiger partial charge in [0.2, 0.25) is 11.8 Å². The molecule has 0 unspecified atom stereocenters. The van der Waals surface area contributed by atoms with Crippen molar-refractivity contribution in [3.63, 3.8) is 0 Å². The van der Waals surface area contributed by atoms with Gasteiger partial charge in [-0.25, -0.2) is 0 Å². The van der Waals surface area contributed by atoms with E-state index in [0.29, 0.717) is 28.0 Å². The van der Waals surface area contributed by atoms with Gasteiger partial charge in [0, 0.05) is 22.3 Å². The zero-order chi connectivity index (χ0) is 23.1. The molecule has 1 aliphatic rings. The van der Waals surface area contributed by atoms with Crippen molar-refractivity contribution in [2.45, 2.75) is 19.8 Å². The highest BCUT2D eigenvalue weighted by Crippen LogP contribution is 2.23. The van der Waals surface area contributed by atoms with Crippen LogP contribution in [0.25, 0.3) is 0 Å². The Hall–Kier alpha value is -2.77. The van der Waals surface area contributed by atoms with Gasteiger partial charge < -0.3 is 14.5 Å². The normalized spacial score (nSPS) is 13.4. The van der Waals surface area contributed by atoms with Gasteiger partial charge in [0.25, 0.3) is 5.91 Å². The summed E-state index contributed by atoms with van der Waals surface area (Å²) in [5.74, 6) is -0.261. The first kappa shape index (κ1) is 23.9. The summed E-state index contributed by atoms with van der Waals surface area (Å²) in [4.78, 5) is 42.5. The molecule has 170 valence electrons. The van der Waals surface area contributed by atoms with E-state index >= 15 is 0 Å². The molecule has 0 saturated carbocycles. The fraction of sp³-hybridized carbons (Fsp3) is 0.348. The second kappa shape index (κ2) is 11.2. The average molecular weight is 478 g/mol. The van der Waals surface area contributed by atoms with E-state index in [9.17, 15) is 14.4 Å². The molecule has 0 aliphatic carbocycles. The van der Waals surface area contributed by atoms with E-state index in [4.69, 9.17) is 27.9 Å². The summed E-state index contributed by atoms with van der Waals surface area (Å²) in [7, 11) is 0. The highest BCUT2D eigenvalue weighted by Gasteiger charge is 2.33.